The Balaban J connectivity index is 1.02. The number of carbonyl (C=O) groups is 1. The average Bonchev–Trinajstić information content (AvgIpc) is 2.63. The third-order valence-corrected chi connectivity index (χ3v) is 9.66. The molecule has 8 saturated carbocycles. The topological polar surface area (TPSA) is 55.8 Å². The minimum Gasteiger partial charge on any atom is -0.438 e. The number of hydrogen-bond donors (Lipinski definition) is 1. The van der Waals surface area contributed by atoms with Gasteiger partial charge in [-0.15, -0.1) is 0 Å². The van der Waals surface area contributed by atoms with Crippen molar-refractivity contribution in [1.82, 2.24) is 0 Å². The van der Waals surface area contributed by atoms with Crippen LogP contribution in [-0.4, -0.2) is 30.6 Å². The summed E-state index contributed by atoms with van der Waals surface area (Å²) in [5.41, 5.74) is -0.318. The molecule has 0 saturated heterocycles. The van der Waals surface area contributed by atoms with Crippen molar-refractivity contribution < 1.29 is 19.4 Å². The van der Waals surface area contributed by atoms with Crippen molar-refractivity contribution in [2.75, 3.05) is 13.4 Å². The number of hydrogen-bond acceptors (Lipinski definition) is 4. The molecule has 8 aliphatic carbocycles. The van der Waals surface area contributed by atoms with Crippen LogP contribution in [0.1, 0.15) is 64.2 Å². The molecule has 0 aromatic rings. The predicted molar refractivity (Wildman–Crippen MR) is 99.4 cm³/mol. The van der Waals surface area contributed by atoms with Gasteiger partial charge in [0.1, 0.15) is 0 Å². The van der Waals surface area contributed by atoms with Crippen molar-refractivity contribution in [1.29, 1.82) is 0 Å². The minimum atomic E-state index is -0.318. The van der Waals surface area contributed by atoms with Crippen LogP contribution in [0.5, 0.6) is 0 Å². The van der Waals surface area contributed by atoms with Gasteiger partial charge in [0.25, 0.3) is 0 Å². The van der Waals surface area contributed by atoms with Crippen LogP contribution in [0, 0.1) is 52.8 Å². The smallest absolute Gasteiger partial charge is 0.314 e. The van der Waals surface area contributed by atoms with Crippen molar-refractivity contribution in [3.05, 3.63) is 0 Å². The molecule has 27 heavy (non-hydrogen) atoms. The maximum absolute atomic E-state index is 12.9. The van der Waals surface area contributed by atoms with Crippen molar-refractivity contribution in [3.8, 4) is 0 Å². The van der Waals surface area contributed by atoms with E-state index in [1.54, 1.807) is 0 Å². The van der Waals surface area contributed by atoms with E-state index in [4.69, 9.17) is 9.47 Å². The van der Waals surface area contributed by atoms with Crippen molar-refractivity contribution >= 4 is 5.97 Å². The molecule has 4 nitrogen and oxygen atoms in total. The van der Waals surface area contributed by atoms with Gasteiger partial charge in [-0.05, 0) is 112 Å². The quantitative estimate of drug-likeness (QED) is 0.452. The first-order chi connectivity index (χ1) is 13.1. The van der Waals surface area contributed by atoms with Crippen molar-refractivity contribution in [2.45, 2.75) is 70.3 Å². The standard InChI is InChI=1S/C23H34O4/c24-21-18-6-15-7-19(21)10-23(8-15,9-18)22(25)27-12-26-11-20-16-2-13-1-14(4-16)5-17(20)3-13/h13-21,24H,1-12H2. The molecule has 0 heterocycles. The van der Waals surface area contributed by atoms with Gasteiger partial charge in [-0.25, -0.2) is 0 Å². The Hall–Kier alpha value is -0.610. The zero-order valence-electron chi connectivity index (χ0n) is 16.4. The molecule has 0 radical (unpaired) electrons. The molecule has 8 bridgehead atoms. The van der Waals surface area contributed by atoms with Gasteiger partial charge in [0.05, 0.1) is 18.1 Å². The molecule has 0 aromatic carbocycles. The zero-order chi connectivity index (χ0) is 18.2. The van der Waals surface area contributed by atoms with E-state index in [0.29, 0.717) is 23.7 Å². The van der Waals surface area contributed by atoms with Gasteiger partial charge >= 0.3 is 5.97 Å². The number of aliphatic hydroxyl groups excluding tert-OH is 1. The lowest BCUT2D eigenvalue weighted by molar-refractivity contribution is -0.196. The number of aliphatic hydroxyl groups is 1. The molecular formula is C23H34O4. The average molecular weight is 375 g/mol. The summed E-state index contributed by atoms with van der Waals surface area (Å²) < 4.78 is 11.6. The number of rotatable bonds is 5. The minimum absolute atomic E-state index is 0.0427. The fourth-order valence-electron chi connectivity index (χ4n) is 8.99. The molecule has 0 aromatic heterocycles. The summed E-state index contributed by atoms with van der Waals surface area (Å²) in [5.74, 6) is 5.62. The summed E-state index contributed by atoms with van der Waals surface area (Å²) in [6, 6.07) is 0. The van der Waals surface area contributed by atoms with Gasteiger partial charge in [0.2, 0.25) is 0 Å². The second-order valence-corrected chi connectivity index (χ2v) is 11.3. The Labute approximate surface area is 162 Å². The van der Waals surface area contributed by atoms with Crippen LogP contribution < -0.4 is 0 Å². The summed E-state index contributed by atoms with van der Waals surface area (Å²) in [5, 5.41) is 10.4. The van der Waals surface area contributed by atoms with Gasteiger partial charge in [0.15, 0.2) is 6.79 Å². The molecule has 8 aliphatic rings. The van der Waals surface area contributed by atoms with Crippen LogP contribution >= 0.6 is 0 Å². The summed E-state index contributed by atoms with van der Waals surface area (Å²) >= 11 is 0. The lowest BCUT2D eigenvalue weighted by atomic mass is 9.48. The molecule has 0 amide bonds. The highest BCUT2D eigenvalue weighted by atomic mass is 16.7. The molecule has 2 unspecified atom stereocenters. The Morgan fingerprint density at radius 3 is 2.04 bits per heavy atom. The van der Waals surface area contributed by atoms with E-state index < -0.39 is 0 Å². The number of ether oxygens (including phenoxy) is 2. The fraction of sp³-hybridized carbons (Fsp3) is 0.957. The largest absolute Gasteiger partial charge is 0.438 e. The van der Waals surface area contributed by atoms with Crippen molar-refractivity contribution in [2.24, 2.45) is 52.8 Å². The third-order valence-electron chi connectivity index (χ3n) is 9.66. The van der Waals surface area contributed by atoms with E-state index in [1.165, 1.54) is 32.1 Å². The molecule has 8 rings (SSSR count). The first-order valence-corrected chi connectivity index (χ1v) is 11.5. The highest BCUT2D eigenvalue weighted by molar-refractivity contribution is 5.77. The summed E-state index contributed by atoms with van der Waals surface area (Å²) in [6.45, 7) is 0.910. The maximum atomic E-state index is 12.9. The molecular weight excluding hydrogens is 340 g/mol. The SMILES string of the molecule is O=C(OCOCC1C2CC3CC(C2)CC1C3)C12CC3CC(C1)C(O)C(C3)C2. The highest BCUT2D eigenvalue weighted by Gasteiger charge is 2.59. The first kappa shape index (κ1) is 17.3. The van der Waals surface area contributed by atoms with Gasteiger partial charge in [0, 0.05) is 0 Å². The van der Waals surface area contributed by atoms with E-state index in [9.17, 15) is 9.90 Å². The fourth-order valence-corrected chi connectivity index (χ4v) is 8.99. The molecule has 2 atom stereocenters. The second-order valence-electron chi connectivity index (χ2n) is 11.3. The Morgan fingerprint density at radius 2 is 1.41 bits per heavy atom. The Kier molecular flexibility index (Phi) is 3.96. The molecule has 150 valence electrons. The molecule has 0 aliphatic heterocycles. The highest BCUT2D eigenvalue weighted by Crippen LogP contribution is 2.60. The normalized spacial score (nSPS) is 54.5. The van der Waals surface area contributed by atoms with E-state index in [0.717, 1.165) is 62.4 Å². The summed E-state index contributed by atoms with van der Waals surface area (Å²) in [7, 11) is 0. The van der Waals surface area contributed by atoms with Crippen LogP contribution in [0.25, 0.3) is 0 Å². The molecule has 4 heteroatoms. The lowest BCUT2D eigenvalue weighted by Gasteiger charge is -2.57. The van der Waals surface area contributed by atoms with Gasteiger partial charge in [-0.2, -0.15) is 0 Å². The van der Waals surface area contributed by atoms with Gasteiger partial charge in [-0.1, -0.05) is 0 Å². The van der Waals surface area contributed by atoms with Crippen LogP contribution in [0.15, 0.2) is 0 Å². The number of carbonyl (C=O) groups excluding carboxylic acids is 1. The first-order valence-electron chi connectivity index (χ1n) is 11.5. The van der Waals surface area contributed by atoms with Crippen LogP contribution in [0.4, 0.5) is 0 Å². The molecule has 0 spiro atoms. The lowest BCUT2D eigenvalue weighted by Crippen LogP contribution is -2.56. The number of esters is 1. The molecule has 8 fully saturated rings. The Bertz CT molecular complexity index is 571. The maximum Gasteiger partial charge on any atom is 0.314 e. The van der Waals surface area contributed by atoms with Crippen LogP contribution in [0.3, 0.4) is 0 Å². The van der Waals surface area contributed by atoms with Gasteiger partial charge < -0.3 is 14.6 Å². The van der Waals surface area contributed by atoms with E-state index in [1.807, 2.05) is 0 Å². The van der Waals surface area contributed by atoms with Crippen molar-refractivity contribution in [3.63, 3.8) is 0 Å². The third kappa shape index (κ3) is 2.73. The zero-order valence-corrected chi connectivity index (χ0v) is 16.4. The second kappa shape index (κ2) is 6.19. The van der Waals surface area contributed by atoms with E-state index >= 15 is 0 Å². The monoisotopic (exact) mass is 374 g/mol. The van der Waals surface area contributed by atoms with Gasteiger partial charge in [-0.3, -0.25) is 4.79 Å². The predicted octanol–water partition coefficient (Wildman–Crippen LogP) is 3.76. The Morgan fingerprint density at radius 1 is 0.815 bits per heavy atom. The van der Waals surface area contributed by atoms with Crippen LogP contribution in [0.2, 0.25) is 0 Å². The van der Waals surface area contributed by atoms with E-state index in [2.05, 4.69) is 0 Å². The summed E-state index contributed by atoms with van der Waals surface area (Å²) in [6.07, 6.45) is 11.8. The summed E-state index contributed by atoms with van der Waals surface area (Å²) in [4.78, 5) is 12.9. The van der Waals surface area contributed by atoms with E-state index in [-0.39, 0.29) is 24.3 Å². The molecule has 1 N–H and O–H groups in total. The van der Waals surface area contributed by atoms with Crippen LogP contribution in [-0.2, 0) is 14.3 Å².